The molecule has 1 aromatic rings. The summed E-state index contributed by atoms with van der Waals surface area (Å²) in [6, 6.07) is 2.71. The van der Waals surface area contributed by atoms with Crippen LogP contribution in [0.15, 0.2) is 17.0 Å². The van der Waals surface area contributed by atoms with Crippen molar-refractivity contribution in [1.29, 1.82) is 0 Å². The molecule has 10 heteroatoms. The second-order valence-corrected chi connectivity index (χ2v) is 9.31. The van der Waals surface area contributed by atoms with Gasteiger partial charge in [-0.3, -0.25) is 9.59 Å². The van der Waals surface area contributed by atoms with E-state index in [1.807, 2.05) is 13.8 Å². The Balaban J connectivity index is 1.76. The van der Waals surface area contributed by atoms with Gasteiger partial charge in [0.2, 0.25) is 15.9 Å². The minimum atomic E-state index is -3.84. The van der Waals surface area contributed by atoms with Crippen LogP contribution in [0.2, 0.25) is 5.02 Å². The summed E-state index contributed by atoms with van der Waals surface area (Å²) < 4.78 is 32.6. The van der Waals surface area contributed by atoms with Crippen LogP contribution in [0.3, 0.4) is 0 Å². The first-order chi connectivity index (χ1) is 12.7. The molecule has 148 valence electrons. The minimum Gasteiger partial charge on any atom is -0.482 e. The minimum absolute atomic E-state index is 0.0119. The maximum atomic E-state index is 13.0. The number of halogens is 1. The number of carbonyl (C=O) groups is 2. The van der Waals surface area contributed by atoms with Crippen molar-refractivity contribution in [2.45, 2.75) is 25.2 Å². The van der Waals surface area contributed by atoms with E-state index in [0.29, 0.717) is 25.2 Å². The number of benzene rings is 1. The lowest BCUT2D eigenvalue weighted by Gasteiger charge is -2.34. The summed E-state index contributed by atoms with van der Waals surface area (Å²) in [5, 5.41) is 2.60. The fourth-order valence-corrected chi connectivity index (χ4v) is 5.01. The maximum Gasteiger partial charge on any atom is 0.262 e. The van der Waals surface area contributed by atoms with Crippen LogP contribution in [0.25, 0.3) is 0 Å². The summed E-state index contributed by atoms with van der Waals surface area (Å²) in [5.74, 6) is 0.242. The molecule has 0 aromatic heterocycles. The molecular formula is C17H22ClN3O5S. The number of hydrogen-bond donors (Lipinski definition) is 1. The number of piperazine rings is 1. The molecule has 1 fully saturated rings. The first-order valence-electron chi connectivity index (χ1n) is 8.72. The van der Waals surface area contributed by atoms with Crippen LogP contribution in [-0.2, 0) is 19.6 Å². The van der Waals surface area contributed by atoms with Gasteiger partial charge in [0.1, 0.15) is 10.6 Å². The highest BCUT2D eigenvalue weighted by atomic mass is 35.5. The first-order valence-corrected chi connectivity index (χ1v) is 10.5. The SMILES string of the molecule is CC(C)CC(=O)N1CCN(S(=O)(=O)c2cc3c(cc2Cl)NC(=O)CO3)CC1. The largest absolute Gasteiger partial charge is 0.482 e. The first kappa shape index (κ1) is 19.9. The van der Waals surface area contributed by atoms with E-state index in [-0.39, 0.29) is 53.1 Å². The zero-order valence-corrected chi connectivity index (χ0v) is 16.8. The molecule has 8 nitrogen and oxygen atoms in total. The van der Waals surface area contributed by atoms with E-state index in [1.54, 1.807) is 4.90 Å². The van der Waals surface area contributed by atoms with E-state index in [0.717, 1.165) is 0 Å². The quantitative estimate of drug-likeness (QED) is 0.804. The van der Waals surface area contributed by atoms with Crippen molar-refractivity contribution in [3.05, 3.63) is 17.2 Å². The normalized spacial score (nSPS) is 18.1. The van der Waals surface area contributed by atoms with Gasteiger partial charge in [0.05, 0.1) is 10.7 Å². The number of nitrogens with one attached hydrogen (secondary N) is 1. The zero-order chi connectivity index (χ0) is 19.8. The Morgan fingerprint density at radius 3 is 2.56 bits per heavy atom. The Bertz CT molecular complexity index is 864. The Morgan fingerprint density at radius 1 is 1.26 bits per heavy atom. The van der Waals surface area contributed by atoms with Crippen LogP contribution in [0.5, 0.6) is 5.75 Å². The molecule has 2 amide bonds. The fourth-order valence-electron chi connectivity index (χ4n) is 3.07. The predicted octanol–water partition coefficient (Wildman–Crippen LogP) is 1.55. The predicted molar refractivity (Wildman–Crippen MR) is 100 cm³/mol. The molecule has 1 aromatic carbocycles. The van der Waals surface area contributed by atoms with E-state index in [4.69, 9.17) is 16.3 Å². The van der Waals surface area contributed by atoms with E-state index >= 15 is 0 Å². The lowest BCUT2D eigenvalue weighted by Crippen LogP contribution is -2.50. The number of sulfonamides is 1. The van der Waals surface area contributed by atoms with Crippen molar-refractivity contribution in [3.63, 3.8) is 0 Å². The van der Waals surface area contributed by atoms with Crippen molar-refractivity contribution in [3.8, 4) is 5.75 Å². The highest BCUT2D eigenvalue weighted by molar-refractivity contribution is 7.89. The van der Waals surface area contributed by atoms with Gasteiger partial charge in [-0.2, -0.15) is 4.31 Å². The van der Waals surface area contributed by atoms with E-state index in [2.05, 4.69) is 5.32 Å². The molecular weight excluding hydrogens is 394 g/mol. The summed E-state index contributed by atoms with van der Waals surface area (Å²) in [4.78, 5) is 25.2. The van der Waals surface area contributed by atoms with Gasteiger partial charge in [0, 0.05) is 38.7 Å². The molecule has 0 atom stereocenters. The van der Waals surface area contributed by atoms with Gasteiger partial charge in [-0.1, -0.05) is 25.4 Å². The zero-order valence-electron chi connectivity index (χ0n) is 15.2. The topological polar surface area (TPSA) is 96.0 Å². The molecule has 2 aliphatic heterocycles. The van der Waals surface area contributed by atoms with Gasteiger partial charge in [-0.05, 0) is 12.0 Å². The van der Waals surface area contributed by atoms with Gasteiger partial charge in [0.15, 0.2) is 6.61 Å². The van der Waals surface area contributed by atoms with Crippen LogP contribution >= 0.6 is 11.6 Å². The lowest BCUT2D eigenvalue weighted by atomic mass is 10.1. The van der Waals surface area contributed by atoms with Crippen LogP contribution in [0.1, 0.15) is 20.3 Å². The number of amides is 2. The fraction of sp³-hybridized carbons (Fsp3) is 0.529. The number of nitrogens with zero attached hydrogens (tertiary/aromatic N) is 2. The number of hydrogen-bond acceptors (Lipinski definition) is 5. The molecule has 3 rings (SSSR count). The van der Waals surface area contributed by atoms with Crippen molar-refractivity contribution >= 4 is 39.1 Å². The van der Waals surface area contributed by atoms with E-state index in [9.17, 15) is 18.0 Å². The highest BCUT2D eigenvalue weighted by Crippen LogP contribution is 2.37. The Kier molecular flexibility index (Phi) is 5.64. The van der Waals surface area contributed by atoms with Crippen LogP contribution < -0.4 is 10.1 Å². The molecule has 0 aliphatic carbocycles. The highest BCUT2D eigenvalue weighted by Gasteiger charge is 2.33. The summed E-state index contributed by atoms with van der Waals surface area (Å²) in [6.45, 7) is 4.88. The molecule has 1 saturated heterocycles. The van der Waals surface area contributed by atoms with Crippen molar-refractivity contribution in [1.82, 2.24) is 9.21 Å². The molecule has 27 heavy (non-hydrogen) atoms. The average molecular weight is 416 g/mol. The Hall–Kier alpha value is -1.84. The molecule has 0 spiro atoms. The van der Waals surface area contributed by atoms with E-state index < -0.39 is 10.0 Å². The number of carbonyl (C=O) groups excluding carboxylic acids is 2. The van der Waals surface area contributed by atoms with Crippen LogP contribution in [-0.4, -0.2) is 62.2 Å². The van der Waals surface area contributed by atoms with Crippen molar-refractivity contribution in [2.24, 2.45) is 5.92 Å². The third-order valence-corrected chi connectivity index (χ3v) is 6.82. The number of rotatable bonds is 4. The van der Waals surface area contributed by atoms with Gasteiger partial charge >= 0.3 is 0 Å². The van der Waals surface area contributed by atoms with Gasteiger partial charge in [-0.25, -0.2) is 8.42 Å². The number of ether oxygens (including phenoxy) is 1. The molecule has 0 unspecified atom stereocenters. The van der Waals surface area contributed by atoms with Gasteiger partial charge in [-0.15, -0.1) is 0 Å². The number of fused-ring (bicyclic) bond motifs is 1. The summed E-state index contributed by atoms with van der Waals surface area (Å²) in [6.07, 6.45) is 0.451. The van der Waals surface area contributed by atoms with E-state index in [1.165, 1.54) is 16.4 Å². The van der Waals surface area contributed by atoms with Crippen LogP contribution in [0.4, 0.5) is 5.69 Å². The maximum absolute atomic E-state index is 13.0. The molecule has 0 saturated carbocycles. The lowest BCUT2D eigenvalue weighted by molar-refractivity contribution is -0.133. The van der Waals surface area contributed by atoms with Crippen molar-refractivity contribution < 1.29 is 22.7 Å². The van der Waals surface area contributed by atoms with Crippen LogP contribution in [0, 0.1) is 5.92 Å². The summed E-state index contributed by atoms with van der Waals surface area (Å²) >= 11 is 6.17. The molecule has 0 radical (unpaired) electrons. The number of anilines is 1. The van der Waals surface area contributed by atoms with Crippen molar-refractivity contribution in [2.75, 3.05) is 38.1 Å². The molecule has 0 bridgehead atoms. The Morgan fingerprint density at radius 2 is 1.93 bits per heavy atom. The average Bonchev–Trinajstić information content (AvgIpc) is 2.60. The van der Waals surface area contributed by atoms with Gasteiger partial charge in [0.25, 0.3) is 5.91 Å². The monoisotopic (exact) mass is 415 g/mol. The smallest absolute Gasteiger partial charge is 0.262 e. The Labute approximate surface area is 163 Å². The molecule has 1 N–H and O–H groups in total. The third-order valence-electron chi connectivity index (χ3n) is 4.46. The van der Waals surface area contributed by atoms with Gasteiger partial charge < -0.3 is 15.0 Å². The summed E-state index contributed by atoms with van der Waals surface area (Å²) in [7, 11) is -3.84. The summed E-state index contributed by atoms with van der Waals surface area (Å²) in [5.41, 5.74) is 0.347. The standard InChI is InChI=1S/C17H22ClN3O5S/c1-11(2)7-17(23)20-3-5-21(6-4-20)27(24,25)15-9-14-13(8-12(15)18)19-16(22)10-26-14/h8-9,11H,3-7,10H2,1-2H3,(H,19,22). The second-order valence-electron chi connectivity index (χ2n) is 7.00. The molecule has 2 aliphatic rings. The third kappa shape index (κ3) is 4.20. The second kappa shape index (κ2) is 7.65. The molecule has 2 heterocycles.